The number of hydrogen-bond acceptors (Lipinski definition) is 4. The number of halogens is 1. The SMILES string of the molecule is O=C(CN1CCN(S(=O)(=O)Cc2ccccc2)CC1)c1ccc(Cl)cc1. The smallest absolute Gasteiger partial charge is 0.218 e. The van der Waals surface area contributed by atoms with Gasteiger partial charge in [-0.25, -0.2) is 8.42 Å². The lowest BCUT2D eigenvalue weighted by molar-refractivity contribution is 0.0901. The van der Waals surface area contributed by atoms with Crippen LogP contribution in [-0.4, -0.2) is 56.1 Å². The summed E-state index contributed by atoms with van der Waals surface area (Å²) in [5, 5.41) is 0.596. The van der Waals surface area contributed by atoms with Crippen molar-refractivity contribution in [1.82, 2.24) is 9.21 Å². The Hall–Kier alpha value is -1.73. The third-order valence-electron chi connectivity index (χ3n) is 4.45. The fourth-order valence-corrected chi connectivity index (χ4v) is 4.61. The molecular weight excluding hydrogens is 372 g/mol. The zero-order valence-electron chi connectivity index (χ0n) is 14.3. The Morgan fingerprint density at radius 2 is 1.54 bits per heavy atom. The van der Waals surface area contributed by atoms with E-state index >= 15 is 0 Å². The monoisotopic (exact) mass is 392 g/mol. The van der Waals surface area contributed by atoms with Crippen molar-refractivity contribution in [3.05, 3.63) is 70.7 Å². The average Bonchev–Trinajstić information content (AvgIpc) is 2.63. The highest BCUT2D eigenvalue weighted by Crippen LogP contribution is 2.15. The molecule has 0 N–H and O–H groups in total. The molecule has 0 bridgehead atoms. The highest BCUT2D eigenvalue weighted by atomic mass is 35.5. The topological polar surface area (TPSA) is 57.7 Å². The fourth-order valence-electron chi connectivity index (χ4n) is 2.97. The van der Waals surface area contributed by atoms with Crippen LogP contribution in [0.3, 0.4) is 0 Å². The normalized spacial score (nSPS) is 16.5. The van der Waals surface area contributed by atoms with Crippen LogP contribution in [0.2, 0.25) is 5.02 Å². The molecule has 2 aromatic rings. The van der Waals surface area contributed by atoms with Gasteiger partial charge in [0.15, 0.2) is 5.78 Å². The van der Waals surface area contributed by atoms with Crippen LogP contribution in [0.4, 0.5) is 0 Å². The van der Waals surface area contributed by atoms with Gasteiger partial charge in [0.05, 0.1) is 12.3 Å². The molecule has 1 aliphatic rings. The molecule has 5 nitrogen and oxygen atoms in total. The summed E-state index contributed by atoms with van der Waals surface area (Å²) >= 11 is 5.84. The second-order valence-electron chi connectivity index (χ2n) is 6.35. The summed E-state index contributed by atoms with van der Waals surface area (Å²) in [7, 11) is -3.34. The number of nitrogens with zero attached hydrogens (tertiary/aromatic N) is 2. The minimum Gasteiger partial charge on any atom is -0.293 e. The first kappa shape index (κ1) is 19.0. The van der Waals surface area contributed by atoms with Gasteiger partial charge >= 0.3 is 0 Å². The molecule has 2 aromatic carbocycles. The van der Waals surface area contributed by atoms with Gasteiger partial charge in [0.2, 0.25) is 10.0 Å². The van der Waals surface area contributed by atoms with Crippen LogP contribution >= 0.6 is 11.6 Å². The number of ketones is 1. The molecule has 0 unspecified atom stereocenters. The van der Waals surface area contributed by atoms with Gasteiger partial charge in [-0.05, 0) is 29.8 Å². The highest BCUT2D eigenvalue weighted by Gasteiger charge is 2.27. The Bertz CT molecular complexity index is 846. The molecule has 0 aromatic heterocycles. The van der Waals surface area contributed by atoms with Crippen molar-refractivity contribution in [3.63, 3.8) is 0 Å². The number of hydrogen-bond donors (Lipinski definition) is 0. The predicted octanol–water partition coefficient (Wildman–Crippen LogP) is 2.67. The minimum absolute atomic E-state index is 0.0115. The molecule has 1 heterocycles. The summed E-state index contributed by atoms with van der Waals surface area (Å²) < 4.78 is 26.6. The highest BCUT2D eigenvalue weighted by molar-refractivity contribution is 7.88. The second kappa shape index (κ2) is 8.31. The molecule has 26 heavy (non-hydrogen) atoms. The molecule has 7 heteroatoms. The van der Waals surface area contributed by atoms with E-state index in [0.29, 0.717) is 36.8 Å². The molecule has 1 fully saturated rings. The van der Waals surface area contributed by atoms with Crippen molar-refractivity contribution in [2.24, 2.45) is 0 Å². The van der Waals surface area contributed by atoms with Crippen molar-refractivity contribution in [2.45, 2.75) is 5.75 Å². The molecule has 0 atom stereocenters. The van der Waals surface area contributed by atoms with E-state index in [2.05, 4.69) is 0 Å². The Labute approximate surface area is 159 Å². The summed E-state index contributed by atoms with van der Waals surface area (Å²) in [6.45, 7) is 2.20. The minimum atomic E-state index is -3.34. The molecule has 0 aliphatic carbocycles. The Kier molecular flexibility index (Phi) is 6.09. The molecule has 138 valence electrons. The number of rotatable bonds is 6. The number of carbonyl (C=O) groups is 1. The first-order chi connectivity index (χ1) is 12.4. The third-order valence-corrected chi connectivity index (χ3v) is 6.55. The lowest BCUT2D eigenvalue weighted by Gasteiger charge is -2.33. The largest absolute Gasteiger partial charge is 0.293 e. The quantitative estimate of drug-likeness (QED) is 0.709. The molecular formula is C19H21ClN2O3S. The van der Waals surface area contributed by atoms with E-state index in [1.807, 2.05) is 35.2 Å². The van der Waals surface area contributed by atoms with Gasteiger partial charge in [-0.1, -0.05) is 41.9 Å². The number of sulfonamides is 1. The van der Waals surface area contributed by atoms with Gasteiger partial charge < -0.3 is 0 Å². The number of benzene rings is 2. The molecule has 0 radical (unpaired) electrons. The number of Topliss-reactive ketones (excluding diaryl/α,β-unsaturated/α-hetero) is 1. The first-order valence-corrected chi connectivity index (χ1v) is 10.5. The Morgan fingerprint density at radius 1 is 0.923 bits per heavy atom. The summed E-state index contributed by atoms with van der Waals surface area (Å²) in [6, 6.07) is 16.0. The fraction of sp³-hybridized carbons (Fsp3) is 0.316. The van der Waals surface area contributed by atoms with E-state index in [0.717, 1.165) is 5.56 Å². The van der Waals surface area contributed by atoms with Crippen LogP contribution in [0.5, 0.6) is 0 Å². The van der Waals surface area contributed by atoms with E-state index in [-0.39, 0.29) is 18.1 Å². The summed E-state index contributed by atoms with van der Waals surface area (Å²) in [6.07, 6.45) is 0. The van der Waals surface area contributed by atoms with Crippen LogP contribution in [0.15, 0.2) is 54.6 Å². The molecule has 1 saturated heterocycles. The van der Waals surface area contributed by atoms with Gasteiger partial charge in [0.25, 0.3) is 0 Å². The summed E-state index contributed by atoms with van der Waals surface area (Å²) in [5.41, 5.74) is 1.40. The lowest BCUT2D eigenvalue weighted by atomic mass is 10.1. The van der Waals surface area contributed by atoms with Gasteiger partial charge in [-0.2, -0.15) is 4.31 Å². The maximum Gasteiger partial charge on any atom is 0.218 e. The van der Waals surface area contributed by atoms with Crippen LogP contribution in [0, 0.1) is 0 Å². The molecule has 1 aliphatic heterocycles. The van der Waals surface area contributed by atoms with Gasteiger partial charge in [-0.3, -0.25) is 9.69 Å². The van der Waals surface area contributed by atoms with Crippen LogP contribution in [-0.2, 0) is 15.8 Å². The molecule has 3 rings (SSSR count). The van der Waals surface area contributed by atoms with E-state index < -0.39 is 10.0 Å². The third kappa shape index (κ3) is 4.92. The first-order valence-electron chi connectivity index (χ1n) is 8.47. The van der Waals surface area contributed by atoms with Crippen molar-refractivity contribution >= 4 is 27.4 Å². The zero-order valence-corrected chi connectivity index (χ0v) is 15.9. The molecule has 0 spiro atoms. The standard InChI is InChI=1S/C19H21ClN2O3S/c20-18-8-6-17(7-9-18)19(23)14-21-10-12-22(13-11-21)26(24,25)15-16-4-2-1-3-5-16/h1-9H,10-15H2. The molecule has 0 saturated carbocycles. The summed E-state index contributed by atoms with van der Waals surface area (Å²) in [4.78, 5) is 14.3. The Balaban J connectivity index is 1.53. The van der Waals surface area contributed by atoms with E-state index in [1.165, 1.54) is 4.31 Å². The molecule has 0 amide bonds. The van der Waals surface area contributed by atoms with Gasteiger partial charge in [-0.15, -0.1) is 0 Å². The number of piperazine rings is 1. The van der Waals surface area contributed by atoms with Crippen molar-refractivity contribution in [3.8, 4) is 0 Å². The zero-order chi connectivity index (χ0) is 18.6. The van der Waals surface area contributed by atoms with Crippen molar-refractivity contribution in [2.75, 3.05) is 32.7 Å². The maximum atomic E-state index is 12.6. The van der Waals surface area contributed by atoms with E-state index in [1.54, 1.807) is 24.3 Å². The van der Waals surface area contributed by atoms with Crippen molar-refractivity contribution in [1.29, 1.82) is 0 Å². The van der Waals surface area contributed by atoms with Crippen molar-refractivity contribution < 1.29 is 13.2 Å². The predicted molar refractivity (Wildman–Crippen MR) is 103 cm³/mol. The van der Waals surface area contributed by atoms with E-state index in [4.69, 9.17) is 11.6 Å². The number of carbonyl (C=O) groups excluding carboxylic acids is 1. The van der Waals surface area contributed by atoms with Gasteiger partial charge in [0, 0.05) is 36.8 Å². The second-order valence-corrected chi connectivity index (χ2v) is 8.75. The van der Waals surface area contributed by atoms with Crippen LogP contribution < -0.4 is 0 Å². The Morgan fingerprint density at radius 3 is 2.15 bits per heavy atom. The maximum absolute atomic E-state index is 12.6. The lowest BCUT2D eigenvalue weighted by Crippen LogP contribution is -2.50. The van der Waals surface area contributed by atoms with Gasteiger partial charge in [0.1, 0.15) is 0 Å². The van der Waals surface area contributed by atoms with E-state index in [9.17, 15) is 13.2 Å². The van der Waals surface area contributed by atoms with Crippen LogP contribution in [0.25, 0.3) is 0 Å². The van der Waals surface area contributed by atoms with Crippen LogP contribution in [0.1, 0.15) is 15.9 Å². The summed E-state index contributed by atoms with van der Waals surface area (Å²) in [5.74, 6) is 0.0274. The average molecular weight is 393 g/mol.